The zero-order valence-electron chi connectivity index (χ0n) is 9.19. The molecule has 0 aromatic carbocycles. The van der Waals surface area contributed by atoms with E-state index >= 15 is 0 Å². The molecule has 2 rings (SSSR count). The van der Waals surface area contributed by atoms with Crippen molar-refractivity contribution >= 4 is 23.2 Å². The molecule has 6 heteroatoms. The Bertz CT molecular complexity index is 396. The number of halogens is 1. The summed E-state index contributed by atoms with van der Waals surface area (Å²) in [6.45, 7) is 3.12. The topological polar surface area (TPSA) is 64.2 Å². The average molecular weight is 243 g/mol. The Morgan fingerprint density at radius 3 is 2.62 bits per heavy atom. The van der Waals surface area contributed by atoms with E-state index in [1.165, 1.54) is 0 Å². The van der Waals surface area contributed by atoms with E-state index in [-0.39, 0.29) is 11.9 Å². The van der Waals surface area contributed by atoms with E-state index in [4.69, 9.17) is 17.3 Å². The van der Waals surface area contributed by atoms with Gasteiger partial charge in [-0.1, -0.05) is 11.6 Å². The second-order valence-electron chi connectivity index (χ2n) is 4.07. The van der Waals surface area contributed by atoms with Gasteiger partial charge in [0.15, 0.2) is 0 Å². The SMILES string of the molecule is CC(=O)N1CCC(n2ncc(N)c2Cl)CC1. The van der Waals surface area contributed by atoms with Gasteiger partial charge in [-0.3, -0.25) is 4.79 Å². The summed E-state index contributed by atoms with van der Waals surface area (Å²) >= 11 is 6.04. The lowest BCUT2D eigenvalue weighted by atomic mass is 10.1. The number of anilines is 1. The number of nitrogens with two attached hydrogens (primary N) is 1. The maximum absolute atomic E-state index is 11.2. The molecule has 0 spiro atoms. The zero-order chi connectivity index (χ0) is 11.7. The van der Waals surface area contributed by atoms with E-state index in [0.717, 1.165) is 25.9 Å². The van der Waals surface area contributed by atoms with E-state index in [9.17, 15) is 4.79 Å². The normalized spacial score (nSPS) is 17.8. The number of carbonyl (C=O) groups excluding carboxylic acids is 1. The lowest BCUT2D eigenvalue weighted by Gasteiger charge is -2.31. The first kappa shape index (κ1) is 11.3. The number of amides is 1. The van der Waals surface area contributed by atoms with Gasteiger partial charge in [0.2, 0.25) is 5.91 Å². The minimum Gasteiger partial charge on any atom is -0.395 e. The number of piperidine rings is 1. The Balaban J connectivity index is 2.04. The number of nitrogens with zero attached hydrogens (tertiary/aromatic N) is 3. The molecule has 1 fully saturated rings. The molecular weight excluding hydrogens is 228 g/mol. The molecule has 0 saturated carbocycles. The minimum atomic E-state index is 0.129. The molecule has 88 valence electrons. The Labute approximate surface area is 99.2 Å². The van der Waals surface area contributed by atoms with Crippen molar-refractivity contribution in [3.8, 4) is 0 Å². The summed E-state index contributed by atoms with van der Waals surface area (Å²) in [7, 11) is 0. The molecule has 5 nitrogen and oxygen atoms in total. The third-order valence-electron chi connectivity index (χ3n) is 3.02. The average Bonchev–Trinajstić information content (AvgIpc) is 2.60. The van der Waals surface area contributed by atoms with Gasteiger partial charge in [0.1, 0.15) is 5.15 Å². The summed E-state index contributed by atoms with van der Waals surface area (Å²) in [6, 6.07) is 0.250. The highest BCUT2D eigenvalue weighted by atomic mass is 35.5. The summed E-state index contributed by atoms with van der Waals surface area (Å²) in [6.07, 6.45) is 3.32. The van der Waals surface area contributed by atoms with E-state index in [1.807, 2.05) is 4.90 Å². The third kappa shape index (κ3) is 2.00. The van der Waals surface area contributed by atoms with Crippen LogP contribution in [0.25, 0.3) is 0 Å². The number of hydrogen-bond acceptors (Lipinski definition) is 3. The lowest BCUT2D eigenvalue weighted by Crippen LogP contribution is -2.37. The van der Waals surface area contributed by atoms with Crippen molar-refractivity contribution in [1.82, 2.24) is 14.7 Å². The Hall–Kier alpha value is -1.23. The number of rotatable bonds is 1. The van der Waals surface area contributed by atoms with Crippen LogP contribution in [0.3, 0.4) is 0 Å². The fraction of sp³-hybridized carbons (Fsp3) is 0.600. The van der Waals surface area contributed by atoms with Crippen LogP contribution in [0.4, 0.5) is 5.69 Å². The van der Waals surface area contributed by atoms with E-state index < -0.39 is 0 Å². The van der Waals surface area contributed by atoms with Crippen LogP contribution >= 0.6 is 11.6 Å². The predicted molar refractivity (Wildman–Crippen MR) is 62.2 cm³/mol. The van der Waals surface area contributed by atoms with Crippen LogP contribution in [-0.2, 0) is 4.79 Å². The molecule has 0 radical (unpaired) electrons. The highest BCUT2D eigenvalue weighted by Gasteiger charge is 2.24. The van der Waals surface area contributed by atoms with Gasteiger partial charge in [-0.05, 0) is 12.8 Å². The molecule has 1 amide bonds. The van der Waals surface area contributed by atoms with Crippen LogP contribution in [0, 0.1) is 0 Å². The molecule has 1 aliphatic heterocycles. The molecule has 0 aliphatic carbocycles. The van der Waals surface area contributed by atoms with Crippen LogP contribution in [0.15, 0.2) is 6.20 Å². The molecule has 0 bridgehead atoms. The van der Waals surface area contributed by atoms with Crippen molar-refractivity contribution in [2.24, 2.45) is 0 Å². The molecule has 1 aromatic rings. The minimum absolute atomic E-state index is 0.129. The van der Waals surface area contributed by atoms with Crippen molar-refractivity contribution in [3.05, 3.63) is 11.3 Å². The highest BCUT2D eigenvalue weighted by Crippen LogP contribution is 2.28. The molecule has 0 atom stereocenters. The van der Waals surface area contributed by atoms with Gasteiger partial charge in [-0.2, -0.15) is 5.10 Å². The van der Waals surface area contributed by atoms with Crippen LogP contribution in [0.2, 0.25) is 5.15 Å². The fourth-order valence-corrected chi connectivity index (χ4v) is 2.27. The molecule has 1 saturated heterocycles. The summed E-state index contributed by atoms with van der Waals surface area (Å²) in [4.78, 5) is 13.0. The first-order valence-corrected chi connectivity index (χ1v) is 5.71. The second-order valence-corrected chi connectivity index (χ2v) is 4.43. The Kier molecular flexibility index (Phi) is 3.05. The van der Waals surface area contributed by atoms with Gasteiger partial charge in [0.25, 0.3) is 0 Å². The Morgan fingerprint density at radius 2 is 2.19 bits per heavy atom. The monoisotopic (exact) mass is 242 g/mol. The molecule has 16 heavy (non-hydrogen) atoms. The summed E-state index contributed by atoms with van der Waals surface area (Å²) < 4.78 is 1.76. The maximum atomic E-state index is 11.2. The standard InChI is InChI=1S/C10H15ClN4O/c1-7(16)14-4-2-8(3-5-14)15-10(11)9(12)6-13-15/h6,8H,2-5,12H2,1H3. The van der Waals surface area contributed by atoms with Crippen molar-refractivity contribution in [2.45, 2.75) is 25.8 Å². The second kappa shape index (κ2) is 4.33. The molecule has 2 N–H and O–H groups in total. The number of nitrogen functional groups attached to an aromatic ring is 1. The lowest BCUT2D eigenvalue weighted by molar-refractivity contribution is -0.130. The predicted octanol–water partition coefficient (Wildman–Crippen LogP) is 1.30. The van der Waals surface area contributed by atoms with E-state index in [0.29, 0.717) is 10.8 Å². The number of carbonyl (C=O) groups is 1. The van der Waals surface area contributed by atoms with Crippen LogP contribution in [-0.4, -0.2) is 33.7 Å². The Morgan fingerprint density at radius 1 is 1.56 bits per heavy atom. The maximum Gasteiger partial charge on any atom is 0.219 e. The molecule has 1 aromatic heterocycles. The smallest absolute Gasteiger partial charge is 0.219 e. The quantitative estimate of drug-likeness (QED) is 0.808. The zero-order valence-corrected chi connectivity index (χ0v) is 9.94. The fourth-order valence-electron chi connectivity index (χ4n) is 2.04. The number of hydrogen-bond donors (Lipinski definition) is 1. The first-order chi connectivity index (χ1) is 7.59. The highest BCUT2D eigenvalue weighted by molar-refractivity contribution is 6.32. The summed E-state index contributed by atoms with van der Waals surface area (Å²) in [5.74, 6) is 0.129. The number of likely N-dealkylation sites (tertiary alicyclic amines) is 1. The van der Waals surface area contributed by atoms with Crippen molar-refractivity contribution < 1.29 is 4.79 Å². The van der Waals surface area contributed by atoms with Crippen LogP contribution in [0.5, 0.6) is 0 Å². The summed E-state index contributed by atoms with van der Waals surface area (Å²) in [5, 5.41) is 4.67. The largest absolute Gasteiger partial charge is 0.395 e. The van der Waals surface area contributed by atoms with E-state index in [1.54, 1.807) is 17.8 Å². The van der Waals surface area contributed by atoms with Gasteiger partial charge in [0, 0.05) is 20.0 Å². The van der Waals surface area contributed by atoms with Crippen molar-refractivity contribution in [1.29, 1.82) is 0 Å². The van der Waals surface area contributed by atoms with Crippen LogP contribution < -0.4 is 5.73 Å². The van der Waals surface area contributed by atoms with Crippen LogP contribution in [0.1, 0.15) is 25.8 Å². The van der Waals surface area contributed by atoms with Gasteiger partial charge < -0.3 is 10.6 Å². The first-order valence-electron chi connectivity index (χ1n) is 5.33. The molecule has 1 aliphatic rings. The van der Waals surface area contributed by atoms with Crippen molar-refractivity contribution in [3.63, 3.8) is 0 Å². The van der Waals surface area contributed by atoms with Crippen molar-refractivity contribution in [2.75, 3.05) is 18.8 Å². The third-order valence-corrected chi connectivity index (χ3v) is 3.41. The molecular formula is C10H15ClN4O. The van der Waals surface area contributed by atoms with Gasteiger partial charge in [0.05, 0.1) is 17.9 Å². The van der Waals surface area contributed by atoms with Gasteiger partial charge in [-0.15, -0.1) is 0 Å². The number of aromatic nitrogens is 2. The summed E-state index contributed by atoms with van der Waals surface area (Å²) in [5.41, 5.74) is 6.15. The van der Waals surface area contributed by atoms with Gasteiger partial charge >= 0.3 is 0 Å². The van der Waals surface area contributed by atoms with E-state index in [2.05, 4.69) is 5.10 Å². The van der Waals surface area contributed by atoms with Gasteiger partial charge in [-0.25, -0.2) is 4.68 Å². The molecule has 0 unspecified atom stereocenters. The molecule has 2 heterocycles.